The van der Waals surface area contributed by atoms with Crippen LogP contribution in [0.15, 0.2) is 54.6 Å². The van der Waals surface area contributed by atoms with Crippen molar-refractivity contribution >= 4 is 5.97 Å². The zero-order valence-corrected chi connectivity index (χ0v) is 11.1. The predicted molar refractivity (Wildman–Crippen MR) is 71.9 cm³/mol. The van der Waals surface area contributed by atoms with E-state index in [9.17, 15) is 18.0 Å². The van der Waals surface area contributed by atoms with E-state index in [1.54, 1.807) is 0 Å². The summed E-state index contributed by atoms with van der Waals surface area (Å²) in [5.41, 5.74) is -0.484. The second-order valence-electron chi connectivity index (χ2n) is 4.41. The Kier molecular flexibility index (Phi) is 4.62. The molecule has 0 bridgehead atoms. The van der Waals surface area contributed by atoms with Gasteiger partial charge >= 0.3 is 12.1 Å². The molecule has 0 N–H and O–H groups in total. The Morgan fingerprint density at radius 3 is 2.24 bits per heavy atom. The fraction of sp³-hybridized carbons (Fsp3) is 0.188. The van der Waals surface area contributed by atoms with Crippen LogP contribution in [-0.2, 0) is 17.3 Å². The summed E-state index contributed by atoms with van der Waals surface area (Å²) in [6, 6.07) is 13.9. The van der Waals surface area contributed by atoms with E-state index in [-0.39, 0.29) is 6.61 Å². The largest absolute Gasteiger partial charge is 0.462 e. The number of hydrogen-bond acceptors (Lipinski definition) is 2. The molecule has 2 rings (SSSR count). The van der Waals surface area contributed by atoms with E-state index in [1.165, 1.54) is 12.1 Å². The molecule has 0 saturated heterocycles. The fourth-order valence-electron chi connectivity index (χ4n) is 1.89. The van der Waals surface area contributed by atoms with E-state index in [0.717, 1.165) is 17.7 Å². The molecular weight excluding hydrogens is 281 g/mol. The Labute approximate surface area is 120 Å². The zero-order valence-electron chi connectivity index (χ0n) is 11.1. The lowest BCUT2D eigenvalue weighted by Crippen LogP contribution is -2.16. The van der Waals surface area contributed by atoms with E-state index in [0.29, 0.717) is 6.42 Å². The summed E-state index contributed by atoms with van der Waals surface area (Å²) < 4.78 is 43.3. The minimum atomic E-state index is -4.57. The predicted octanol–water partition coefficient (Wildman–Crippen LogP) is 4.10. The van der Waals surface area contributed by atoms with E-state index in [4.69, 9.17) is 4.74 Å². The van der Waals surface area contributed by atoms with Crippen molar-refractivity contribution in [3.63, 3.8) is 0 Å². The molecule has 0 saturated carbocycles. The van der Waals surface area contributed by atoms with E-state index >= 15 is 0 Å². The van der Waals surface area contributed by atoms with Crippen LogP contribution < -0.4 is 0 Å². The maximum Gasteiger partial charge on any atom is 0.417 e. The van der Waals surface area contributed by atoms with Crippen molar-refractivity contribution in [3.05, 3.63) is 71.3 Å². The molecule has 0 atom stereocenters. The first-order valence-corrected chi connectivity index (χ1v) is 6.36. The Bertz CT molecular complexity index is 606. The van der Waals surface area contributed by atoms with Gasteiger partial charge in [-0.1, -0.05) is 42.5 Å². The monoisotopic (exact) mass is 294 g/mol. The molecular formula is C16H13F3O2. The molecule has 5 heteroatoms. The van der Waals surface area contributed by atoms with Crippen LogP contribution in [0.2, 0.25) is 0 Å². The summed E-state index contributed by atoms with van der Waals surface area (Å²) in [5, 5.41) is 0. The van der Waals surface area contributed by atoms with Crippen molar-refractivity contribution < 1.29 is 22.7 Å². The van der Waals surface area contributed by atoms with E-state index < -0.39 is 23.3 Å². The number of alkyl halides is 3. The fourth-order valence-corrected chi connectivity index (χ4v) is 1.89. The molecule has 21 heavy (non-hydrogen) atoms. The van der Waals surface area contributed by atoms with Crippen LogP contribution >= 0.6 is 0 Å². The average Bonchev–Trinajstić information content (AvgIpc) is 2.47. The number of halogens is 3. The molecule has 0 aliphatic carbocycles. The highest BCUT2D eigenvalue weighted by Gasteiger charge is 2.35. The molecule has 2 aromatic carbocycles. The Balaban J connectivity index is 2.01. The molecule has 0 amide bonds. The van der Waals surface area contributed by atoms with Crippen LogP contribution in [0.5, 0.6) is 0 Å². The van der Waals surface area contributed by atoms with Gasteiger partial charge in [0.05, 0.1) is 17.7 Å². The Morgan fingerprint density at radius 2 is 1.57 bits per heavy atom. The standard InChI is InChI=1S/C16H13F3O2/c17-16(18,19)14-9-5-4-8-13(14)15(20)21-11-10-12-6-2-1-3-7-12/h1-9H,10-11H2. The summed E-state index contributed by atoms with van der Waals surface area (Å²) in [7, 11) is 0. The smallest absolute Gasteiger partial charge is 0.417 e. The molecule has 110 valence electrons. The zero-order chi connectivity index (χ0) is 15.3. The third kappa shape index (κ3) is 4.08. The van der Waals surface area contributed by atoms with Gasteiger partial charge in [0.1, 0.15) is 0 Å². The molecule has 0 fully saturated rings. The highest BCUT2D eigenvalue weighted by Crippen LogP contribution is 2.32. The van der Waals surface area contributed by atoms with Crippen LogP contribution in [-0.4, -0.2) is 12.6 Å². The number of carbonyl (C=O) groups is 1. The minimum Gasteiger partial charge on any atom is -0.462 e. The van der Waals surface area contributed by atoms with Crippen LogP contribution in [0.25, 0.3) is 0 Å². The molecule has 0 spiro atoms. The summed E-state index contributed by atoms with van der Waals surface area (Å²) in [5.74, 6) is -0.959. The van der Waals surface area contributed by atoms with Gasteiger partial charge in [-0.25, -0.2) is 4.79 Å². The second-order valence-corrected chi connectivity index (χ2v) is 4.41. The minimum absolute atomic E-state index is 0.0367. The van der Waals surface area contributed by atoms with E-state index in [1.807, 2.05) is 30.3 Å². The molecule has 0 aliphatic heterocycles. The van der Waals surface area contributed by atoms with Gasteiger partial charge in [-0.3, -0.25) is 0 Å². The topological polar surface area (TPSA) is 26.3 Å². The maximum atomic E-state index is 12.8. The molecule has 0 aromatic heterocycles. The summed E-state index contributed by atoms with van der Waals surface area (Å²) >= 11 is 0. The first-order chi connectivity index (χ1) is 9.98. The lowest BCUT2D eigenvalue weighted by Gasteiger charge is -2.12. The van der Waals surface area contributed by atoms with Gasteiger partial charge in [0.25, 0.3) is 0 Å². The van der Waals surface area contributed by atoms with Crippen molar-refractivity contribution in [3.8, 4) is 0 Å². The first-order valence-electron chi connectivity index (χ1n) is 6.36. The van der Waals surface area contributed by atoms with Crippen molar-refractivity contribution in [2.45, 2.75) is 12.6 Å². The third-order valence-corrected chi connectivity index (χ3v) is 2.92. The highest BCUT2D eigenvalue weighted by molar-refractivity contribution is 5.91. The van der Waals surface area contributed by atoms with Crippen molar-refractivity contribution in [1.82, 2.24) is 0 Å². The quantitative estimate of drug-likeness (QED) is 0.793. The van der Waals surface area contributed by atoms with Gasteiger partial charge in [-0.05, 0) is 17.7 Å². The molecule has 2 nitrogen and oxygen atoms in total. The number of rotatable bonds is 4. The first kappa shape index (κ1) is 15.1. The molecule has 0 radical (unpaired) electrons. The second kappa shape index (κ2) is 6.43. The average molecular weight is 294 g/mol. The van der Waals surface area contributed by atoms with Crippen LogP contribution in [0.4, 0.5) is 13.2 Å². The number of benzene rings is 2. The maximum absolute atomic E-state index is 12.8. The third-order valence-electron chi connectivity index (χ3n) is 2.92. The number of ether oxygens (including phenoxy) is 1. The number of hydrogen-bond donors (Lipinski definition) is 0. The van der Waals surface area contributed by atoms with Gasteiger partial charge in [0.15, 0.2) is 0 Å². The van der Waals surface area contributed by atoms with Crippen molar-refractivity contribution in [2.75, 3.05) is 6.61 Å². The highest BCUT2D eigenvalue weighted by atomic mass is 19.4. The summed E-state index contributed by atoms with van der Waals surface area (Å²) in [6.45, 7) is 0.0367. The van der Waals surface area contributed by atoms with Crippen LogP contribution in [0.3, 0.4) is 0 Å². The Morgan fingerprint density at radius 1 is 0.952 bits per heavy atom. The van der Waals surface area contributed by atoms with Gasteiger partial charge in [0.2, 0.25) is 0 Å². The van der Waals surface area contributed by atoms with Crippen molar-refractivity contribution in [1.29, 1.82) is 0 Å². The van der Waals surface area contributed by atoms with Gasteiger partial charge in [-0.15, -0.1) is 0 Å². The number of esters is 1. The SMILES string of the molecule is O=C(OCCc1ccccc1)c1ccccc1C(F)(F)F. The van der Waals surface area contributed by atoms with Crippen molar-refractivity contribution in [2.24, 2.45) is 0 Å². The lowest BCUT2D eigenvalue weighted by molar-refractivity contribution is -0.138. The molecule has 0 aliphatic rings. The summed E-state index contributed by atoms with van der Waals surface area (Å²) in [4.78, 5) is 11.8. The molecule has 0 unspecified atom stereocenters. The number of carbonyl (C=O) groups excluding carboxylic acids is 1. The van der Waals surface area contributed by atoms with Crippen LogP contribution in [0, 0.1) is 0 Å². The van der Waals surface area contributed by atoms with Gasteiger partial charge in [0, 0.05) is 6.42 Å². The molecule has 2 aromatic rings. The van der Waals surface area contributed by atoms with Gasteiger partial charge < -0.3 is 4.74 Å². The lowest BCUT2D eigenvalue weighted by atomic mass is 10.1. The van der Waals surface area contributed by atoms with Crippen LogP contribution in [0.1, 0.15) is 21.5 Å². The Hall–Kier alpha value is -2.30. The van der Waals surface area contributed by atoms with E-state index in [2.05, 4.69) is 0 Å². The normalized spacial score (nSPS) is 11.2. The summed E-state index contributed by atoms with van der Waals surface area (Å²) in [6.07, 6.45) is -4.12. The van der Waals surface area contributed by atoms with Gasteiger partial charge in [-0.2, -0.15) is 13.2 Å². The molecule has 0 heterocycles.